The van der Waals surface area contributed by atoms with Crippen LogP contribution in [0.2, 0.25) is 5.02 Å². The maximum atomic E-state index is 12.7. The quantitative estimate of drug-likeness (QED) is 0.799. The summed E-state index contributed by atoms with van der Waals surface area (Å²) in [5, 5.41) is 12.4. The van der Waals surface area contributed by atoms with Gasteiger partial charge in [-0.15, -0.1) is 0 Å². The third-order valence-electron chi connectivity index (χ3n) is 3.50. The molecule has 0 radical (unpaired) electrons. The lowest BCUT2D eigenvalue weighted by atomic mass is 10.2. The number of halogens is 1. The van der Waals surface area contributed by atoms with Gasteiger partial charge in [0, 0.05) is 6.20 Å². The molecule has 0 saturated heterocycles. The Kier molecular flexibility index (Phi) is 4.00. The minimum absolute atomic E-state index is 0.320. The van der Waals surface area contributed by atoms with Gasteiger partial charge >= 0.3 is 0 Å². The van der Waals surface area contributed by atoms with Crippen molar-refractivity contribution in [2.45, 2.75) is 13.3 Å². The number of para-hydroxylation sites is 1. The number of benzene rings is 1. The molecule has 0 atom stereocenters. The molecule has 0 aliphatic rings. The Labute approximate surface area is 138 Å². The number of carbonyl (C=O) groups is 1. The van der Waals surface area contributed by atoms with Crippen molar-refractivity contribution in [1.82, 2.24) is 9.38 Å². The summed E-state index contributed by atoms with van der Waals surface area (Å²) < 4.78 is 1.67. The highest BCUT2D eigenvalue weighted by Crippen LogP contribution is 2.20. The number of rotatable bonds is 3. The summed E-state index contributed by atoms with van der Waals surface area (Å²) in [7, 11) is 0. The molecule has 0 aliphatic carbocycles. The summed E-state index contributed by atoms with van der Waals surface area (Å²) in [5.74, 6) is -0.320. The zero-order chi connectivity index (χ0) is 16.4. The Bertz CT molecular complexity index is 939. The number of fused-ring (bicyclic) bond motifs is 1. The van der Waals surface area contributed by atoms with Crippen LogP contribution in [0.5, 0.6) is 0 Å². The number of pyridine rings is 1. The molecule has 114 valence electrons. The molecule has 1 aromatic carbocycles. The molecule has 1 N–H and O–H groups in total. The molecule has 0 bridgehead atoms. The van der Waals surface area contributed by atoms with Crippen molar-refractivity contribution in [2.24, 2.45) is 0 Å². The van der Waals surface area contributed by atoms with E-state index in [4.69, 9.17) is 16.9 Å². The highest BCUT2D eigenvalue weighted by Gasteiger charge is 2.19. The van der Waals surface area contributed by atoms with Crippen LogP contribution in [0.4, 0.5) is 5.69 Å². The number of aromatic nitrogens is 2. The molecule has 0 spiro atoms. The first kappa shape index (κ1) is 15.1. The van der Waals surface area contributed by atoms with E-state index in [1.807, 2.05) is 6.92 Å². The van der Waals surface area contributed by atoms with E-state index in [9.17, 15) is 4.79 Å². The lowest BCUT2D eigenvalue weighted by molar-refractivity contribution is 0.102. The largest absolute Gasteiger partial charge is 0.319 e. The first-order chi connectivity index (χ1) is 11.1. The predicted octanol–water partition coefficient (Wildman–Crippen LogP) is 3.67. The Morgan fingerprint density at radius 2 is 2.13 bits per heavy atom. The van der Waals surface area contributed by atoms with E-state index in [2.05, 4.69) is 16.4 Å². The van der Waals surface area contributed by atoms with Crippen molar-refractivity contribution in [3.05, 3.63) is 64.6 Å². The Hall–Kier alpha value is -2.84. The highest BCUT2D eigenvalue weighted by molar-refractivity contribution is 6.30. The first-order valence-electron chi connectivity index (χ1n) is 7.11. The van der Waals surface area contributed by atoms with E-state index in [0.29, 0.717) is 39.7 Å². The number of nitrogens with zero attached hydrogens (tertiary/aromatic N) is 3. The van der Waals surface area contributed by atoms with Gasteiger partial charge in [-0.05, 0) is 30.7 Å². The van der Waals surface area contributed by atoms with Crippen LogP contribution in [0.1, 0.15) is 28.7 Å². The molecule has 6 heteroatoms. The lowest BCUT2D eigenvalue weighted by Gasteiger charge is -2.08. The van der Waals surface area contributed by atoms with Gasteiger partial charge in [0.15, 0.2) is 0 Å². The minimum Gasteiger partial charge on any atom is -0.319 e. The number of hydrogen-bond donors (Lipinski definition) is 1. The van der Waals surface area contributed by atoms with Gasteiger partial charge in [-0.2, -0.15) is 5.26 Å². The monoisotopic (exact) mass is 324 g/mol. The minimum atomic E-state index is -0.320. The molecule has 0 saturated carbocycles. The number of imidazole rings is 1. The predicted molar refractivity (Wildman–Crippen MR) is 88.7 cm³/mol. The molecule has 2 heterocycles. The fourth-order valence-electron chi connectivity index (χ4n) is 2.43. The van der Waals surface area contributed by atoms with Gasteiger partial charge in [0.2, 0.25) is 0 Å². The zero-order valence-corrected chi connectivity index (χ0v) is 13.1. The van der Waals surface area contributed by atoms with E-state index in [0.717, 1.165) is 0 Å². The van der Waals surface area contributed by atoms with Crippen LogP contribution in [-0.2, 0) is 6.42 Å². The second-order valence-corrected chi connectivity index (χ2v) is 5.38. The van der Waals surface area contributed by atoms with Crippen molar-refractivity contribution >= 4 is 28.8 Å². The SMILES string of the molecule is CCc1nc2ccc(Cl)cn2c1C(=O)Nc1ccccc1C#N. The second-order valence-electron chi connectivity index (χ2n) is 4.95. The van der Waals surface area contributed by atoms with Gasteiger partial charge in [-0.1, -0.05) is 30.7 Å². The maximum Gasteiger partial charge on any atom is 0.274 e. The average Bonchev–Trinajstić information content (AvgIpc) is 2.93. The molecule has 1 amide bonds. The van der Waals surface area contributed by atoms with Crippen LogP contribution < -0.4 is 5.32 Å². The average molecular weight is 325 g/mol. The molecular weight excluding hydrogens is 312 g/mol. The Morgan fingerprint density at radius 1 is 1.35 bits per heavy atom. The molecule has 23 heavy (non-hydrogen) atoms. The van der Waals surface area contributed by atoms with Crippen LogP contribution in [0.15, 0.2) is 42.6 Å². The fourth-order valence-corrected chi connectivity index (χ4v) is 2.59. The second kappa shape index (κ2) is 6.11. The van der Waals surface area contributed by atoms with Gasteiger partial charge in [0.05, 0.1) is 22.0 Å². The standard InChI is InChI=1S/C17H13ClN4O/c1-2-13-16(22-10-12(18)7-8-15(22)20-13)17(23)21-14-6-4-3-5-11(14)9-19/h3-8,10H,2H2,1H3,(H,21,23). The molecule has 0 fully saturated rings. The molecule has 0 aliphatic heterocycles. The van der Waals surface area contributed by atoms with E-state index in [1.165, 1.54) is 0 Å². The summed E-state index contributed by atoms with van der Waals surface area (Å²) in [5.41, 5.74) is 2.65. The van der Waals surface area contributed by atoms with Crippen LogP contribution in [0.25, 0.3) is 5.65 Å². The van der Waals surface area contributed by atoms with Gasteiger partial charge < -0.3 is 5.32 Å². The number of carbonyl (C=O) groups excluding carboxylic acids is 1. The summed E-state index contributed by atoms with van der Waals surface area (Å²) in [6.07, 6.45) is 2.27. The zero-order valence-electron chi connectivity index (χ0n) is 12.4. The van der Waals surface area contributed by atoms with Crippen LogP contribution in [0.3, 0.4) is 0 Å². The first-order valence-corrected chi connectivity index (χ1v) is 7.48. The lowest BCUT2D eigenvalue weighted by Crippen LogP contribution is -2.17. The van der Waals surface area contributed by atoms with Crippen LogP contribution in [-0.4, -0.2) is 15.3 Å². The van der Waals surface area contributed by atoms with Gasteiger partial charge in [-0.25, -0.2) is 4.98 Å². The number of nitriles is 1. The summed E-state index contributed by atoms with van der Waals surface area (Å²) in [4.78, 5) is 17.2. The summed E-state index contributed by atoms with van der Waals surface area (Å²) >= 11 is 6.03. The van der Waals surface area contributed by atoms with E-state index in [1.54, 1.807) is 47.0 Å². The van der Waals surface area contributed by atoms with Crippen molar-refractivity contribution in [2.75, 3.05) is 5.32 Å². The van der Waals surface area contributed by atoms with E-state index >= 15 is 0 Å². The molecule has 3 aromatic rings. The smallest absolute Gasteiger partial charge is 0.274 e. The Morgan fingerprint density at radius 3 is 2.87 bits per heavy atom. The van der Waals surface area contributed by atoms with Crippen molar-refractivity contribution in [3.8, 4) is 6.07 Å². The van der Waals surface area contributed by atoms with Crippen LogP contribution >= 0.6 is 11.6 Å². The maximum absolute atomic E-state index is 12.7. The third-order valence-corrected chi connectivity index (χ3v) is 3.72. The summed E-state index contributed by atoms with van der Waals surface area (Å²) in [6, 6.07) is 12.4. The van der Waals surface area contributed by atoms with Crippen molar-refractivity contribution < 1.29 is 4.79 Å². The molecule has 2 aromatic heterocycles. The molecule has 3 rings (SSSR count). The van der Waals surface area contributed by atoms with Crippen molar-refractivity contribution in [1.29, 1.82) is 5.26 Å². The molecular formula is C17H13ClN4O. The summed E-state index contributed by atoms with van der Waals surface area (Å²) in [6.45, 7) is 1.93. The normalized spacial score (nSPS) is 10.5. The van der Waals surface area contributed by atoms with E-state index in [-0.39, 0.29) is 5.91 Å². The van der Waals surface area contributed by atoms with Gasteiger partial charge in [0.25, 0.3) is 5.91 Å². The van der Waals surface area contributed by atoms with Crippen molar-refractivity contribution in [3.63, 3.8) is 0 Å². The number of aryl methyl sites for hydroxylation is 1. The fraction of sp³-hybridized carbons (Fsp3) is 0.118. The highest BCUT2D eigenvalue weighted by atomic mass is 35.5. The topological polar surface area (TPSA) is 70.2 Å². The Balaban J connectivity index is 2.07. The third kappa shape index (κ3) is 2.77. The van der Waals surface area contributed by atoms with Gasteiger partial charge in [0.1, 0.15) is 17.4 Å². The number of amides is 1. The number of hydrogen-bond acceptors (Lipinski definition) is 3. The van der Waals surface area contributed by atoms with E-state index < -0.39 is 0 Å². The number of nitrogens with one attached hydrogen (secondary N) is 1. The van der Waals surface area contributed by atoms with Crippen LogP contribution in [0, 0.1) is 11.3 Å². The molecule has 5 nitrogen and oxygen atoms in total. The number of anilines is 1. The van der Waals surface area contributed by atoms with Gasteiger partial charge in [-0.3, -0.25) is 9.20 Å². The molecule has 0 unspecified atom stereocenters.